The van der Waals surface area contributed by atoms with Gasteiger partial charge in [-0.05, 0) is 19.1 Å². The molecule has 2 rings (SSSR count). The number of aromatic nitrogens is 1. The summed E-state index contributed by atoms with van der Waals surface area (Å²) in [5, 5.41) is 9.90. The number of guanidine groups is 1. The van der Waals surface area contributed by atoms with E-state index in [1.54, 1.807) is 25.5 Å². The molecule has 1 aromatic carbocycles. The molecule has 0 amide bonds. The van der Waals surface area contributed by atoms with Gasteiger partial charge in [0.15, 0.2) is 17.5 Å². The average Bonchev–Trinajstić information content (AvgIpc) is 3.11. The summed E-state index contributed by atoms with van der Waals surface area (Å²) in [5.41, 5.74) is 2.00. The number of hydrogen-bond donors (Lipinski definition) is 2. The Labute approximate surface area is 182 Å². The monoisotopic (exact) mass is 504 g/mol. The minimum atomic E-state index is 0. The Kier molecular flexibility index (Phi) is 10.5. The minimum Gasteiger partial charge on any atom is -0.493 e. The van der Waals surface area contributed by atoms with Crippen molar-refractivity contribution in [2.45, 2.75) is 33.1 Å². The standard InChI is InChI=1S/C19H28N4O2S.HI/c1-6-25-16-8-7-14(11-17(16)24-5)23-19(20-4)21-10-9-15-12-26-18(22-15)13(2)3;/h7-8,11-13H,6,9-10H2,1-5H3,(H2,20,21,23);1H. The molecule has 8 heteroatoms. The fourth-order valence-corrected chi connectivity index (χ4v) is 3.22. The molecule has 0 bridgehead atoms. The van der Waals surface area contributed by atoms with Crippen LogP contribution in [0.5, 0.6) is 11.5 Å². The second kappa shape index (κ2) is 12.0. The number of thiazole rings is 1. The normalized spacial score (nSPS) is 11.1. The Morgan fingerprint density at radius 3 is 2.67 bits per heavy atom. The third-order valence-corrected chi connectivity index (χ3v) is 4.88. The summed E-state index contributed by atoms with van der Waals surface area (Å²) < 4.78 is 10.9. The van der Waals surface area contributed by atoms with Crippen LogP contribution in [-0.2, 0) is 6.42 Å². The highest BCUT2D eigenvalue weighted by Gasteiger charge is 2.08. The number of benzene rings is 1. The minimum absolute atomic E-state index is 0. The van der Waals surface area contributed by atoms with Crippen LogP contribution in [0.1, 0.15) is 37.4 Å². The fraction of sp³-hybridized carbons (Fsp3) is 0.474. The molecule has 0 saturated heterocycles. The van der Waals surface area contributed by atoms with Gasteiger partial charge in [0.25, 0.3) is 0 Å². The summed E-state index contributed by atoms with van der Waals surface area (Å²) in [6.07, 6.45) is 0.858. The van der Waals surface area contributed by atoms with Crippen LogP contribution in [0, 0.1) is 0 Å². The molecule has 0 spiro atoms. The number of nitrogens with zero attached hydrogens (tertiary/aromatic N) is 2. The van der Waals surface area contributed by atoms with E-state index in [1.165, 1.54) is 5.01 Å². The first-order valence-corrected chi connectivity index (χ1v) is 9.68. The average molecular weight is 504 g/mol. The summed E-state index contributed by atoms with van der Waals surface area (Å²) in [6, 6.07) is 5.73. The molecule has 6 nitrogen and oxygen atoms in total. The van der Waals surface area contributed by atoms with Crippen molar-refractivity contribution in [2.75, 3.05) is 32.6 Å². The van der Waals surface area contributed by atoms with Gasteiger partial charge in [0.2, 0.25) is 0 Å². The van der Waals surface area contributed by atoms with Crippen molar-refractivity contribution < 1.29 is 9.47 Å². The first-order valence-electron chi connectivity index (χ1n) is 8.80. The van der Waals surface area contributed by atoms with Gasteiger partial charge in [0.1, 0.15) is 0 Å². The fourth-order valence-electron chi connectivity index (χ4n) is 2.35. The zero-order valence-electron chi connectivity index (χ0n) is 16.5. The van der Waals surface area contributed by atoms with Crippen molar-refractivity contribution in [3.63, 3.8) is 0 Å². The molecule has 0 fully saturated rings. The number of hydrogen-bond acceptors (Lipinski definition) is 5. The Morgan fingerprint density at radius 1 is 1.30 bits per heavy atom. The van der Waals surface area contributed by atoms with E-state index in [0.29, 0.717) is 24.2 Å². The van der Waals surface area contributed by atoms with Crippen molar-refractivity contribution in [2.24, 2.45) is 4.99 Å². The largest absolute Gasteiger partial charge is 0.493 e. The molecule has 1 aromatic heterocycles. The number of ether oxygens (including phenoxy) is 2. The van der Waals surface area contributed by atoms with Crippen LogP contribution >= 0.6 is 35.3 Å². The highest BCUT2D eigenvalue weighted by Crippen LogP contribution is 2.30. The van der Waals surface area contributed by atoms with Crippen molar-refractivity contribution in [3.8, 4) is 11.5 Å². The van der Waals surface area contributed by atoms with E-state index in [9.17, 15) is 0 Å². The third-order valence-electron chi connectivity index (χ3n) is 3.69. The molecule has 0 unspecified atom stereocenters. The molecule has 0 saturated carbocycles. The topological polar surface area (TPSA) is 67.8 Å². The van der Waals surface area contributed by atoms with Crippen LogP contribution in [0.15, 0.2) is 28.6 Å². The zero-order valence-corrected chi connectivity index (χ0v) is 19.7. The van der Waals surface area contributed by atoms with E-state index >= 15 is 0 Å². The van der Waals surface area contributed by atoms with E-state index in [0.717, 1.165) is 30.1 Å². The van der Waals surface area contributed by atoms with Gasteiger partial charge in [0.05, 0.1) is 24.4 Å². The van der Waals surface area contributed by atoms with Crippen molar-refractivity contribution in [1.29, 1.82) is 0 Å². The van der Waals surface area contributed by atoms with E-state index in [-0.39, 0.29) is 24.0 Å². The second-order valence-electron chi connectivity index (χ2n) is 6.00. The maximum absolute atomic E-state index is 5.54. The molecule has 0 aliphatic carbocycles. The number of rotatable bonds is 8. The highest BCUT2D eigenvalue weighted by molar-refractivity contribution is 14.0. The van der Waals surface area contributed by atoms with Gasteiger partial charge < -0.3 is 20.1 Å². The lowest BCUT2D eigenvalue weighted by Crippen LogP contribution is -2.32. The lowest BCUT2D eigenvalue weighted by molar-refractivity contribution is 0.311. The summed E-state index contributed by atoms with van der Waals surface area (Å²) in [7, 11) is 3.38. The first kappa shape index (κ1) is 23.5. The molecular formula is C19H29IN4O2S. The molecule has 0 atom stereocenters. The molecule has 2 N–H and O–H groups in total. The number of methoxy groups -OCH3 is 1. The third kappa shape index (κ3) is 7.17. The number of nitrogens with one attached hydrogen (secondary N) is 2. The Morgan fingerprint density at radius 2 is 2.07 bits per heavy atom. The summed E-state index contributed by atoms with van der Waals surface area (Å²) in [5.74, 6) is 2.60. The Balaban J connectivity index is 0.00000364. The molecule has 1 heterocycles. The van der Waals surface area contributed by atoms with E-state index in [2.05, 4.69) is 39.8 Å². The van der Waals surface area contributed by atoms with Crippen LogP contribution in [-0.4, -0.2) is 38.3 Å². The maximum Gasteiger partial charge on any atom is 0.195 e. The van der Waals surface area contributed by atoms with Crippen LogP contribution in [0.3, 0.4) is 0 Å². The lowest BCUT2D eigenvalue weighted by Gasteiger charge is -2.14. The van der Waals surface area contributed by atoms with Gasteiger partial charge in [0, 0.05) is 43.1 Å². The van der Waals surface area contributed by atoms with Gasteiger partial charge in [-0.25, -0.2) is 4.98 Å². The van der Waals surface area contributed by atoms with Crippen molar-refractivity contribution in [3.05, 3.63) is 34.3 Å². The quantitative estimate of drug-likeness (QED) is 0.314. The molecule has 0 aliphatic heterocycles. The smallest absolute Gasteiger partial charge is 0.195 e. The Bertz CT molecular complexity index is 734. The van der Waals surface area contributed by atoms with E-state index in [4.69, 9.17) is 9.47 Å². The predicted octanol–water partition coefficient (Wildman–Crippen LogP) is 4.52. The maximum atomic E-state index is 5.54. The lowest BCUT2D eigenvalue weighted by atomic mass is 10.2. The van der Waals surface area contributed by atoms with E-state index in [1.807, 2.05) is 25.1 Å². The molecule has 0 radical (unpaired) electrons. The molecule has 2 aromatic rings. The second-order valence-corrected chi connectivity index (χ2v) is 6.89. The number of anilines is 1. The number of aliphatic imine (C=N–C) groups is 1. The van der Waals surface area contributed by atoms with Crippen LogP contribution < -0.4 is 20.1 Å². The highest BCUT2D eigenvalue weighted by atomic mass is 127. The summed E-state index contributed by atoms with van der Waals surface area (Å²) in [4.78, 5) is 8.92. The van der Waals surface area contributed by atoms with Crippen LogP contribution in [0.2, 0.25) is 0 Å². The first-order chi connectivity index (χ1) is 12.6. The molecular weight excluding hydrogens is 475 g/mol. The summed E-state index contributed by atoms with van der Waals surface area (Å²) in [6.45, 7) is 7.63. The van der Waals surface area contributed by atoms with Gasteiger partial charge in [-0.15, -0.1) is 35.3 Å². The van der Waals surface area contributed by atoms with Crippen LogP contribution in [0.25, 0.3) is 0 Å². The van der Waals surface area contributed by atoms with Gasteiger partial charge in [-0.2, -0.15) is 0 Å². The van der Waals surface area contributed by atoms with Gasteiger partial charge in [-0.3, -0.25) is 4.99 Å². The van der Waals surface area contributed by atoms with Crippen molar-refractivity contribution >= 4 is 47.0 Å². The molecule has 0 aliphatic rings. The van der Waals surface area contributed by atoms with Crippen LogP contribution in [0.4, 0.5) is 5.69 Å². The number of halogens is 1. The zero-order chi connectivity index (χ0) is 18.9. The van der Waals surface area contributed by atoms with Crippen molar-refractivity contribution in [1.82, 2.24) is 10.3 Å². The SMILES string of the molecule is CCOc1ccc(NC(=NC)NCCc2csc(C(C)C)n2)cc1OC.I. The van der Waals surface area contributed by atoms with Gasteiger partial charge in [-0.1, -0.05) is 13.8 Å². The van der Waals surface area contributed by atoms with E-state index < -0.39 is 0 Å². The predicted molar refractivity (Wildman–Crippen MR) is 124 cm³/mol. The summed E-state index contributed by atoms with van der Waals surface area (Å²) >= 11 is 1.72. The molecule has 150 valence electrons. The molecule has 27 heavy (non-hydrogen) atoms. The van der Waals surface area contributed by atoms with Gasteiger partial charge >= 0.3 is 0 Å². The Hall–Kier alpha value is -1.55.